The van der Waals surface area contributed by atoms with E-state index < -0.39 is 196 Å². The summed E-state index contributed by atoms with van der Waals surface area (Å²) in [6.45, 7) is 14.8. The average Bonchev–Trinajstić information content (AvgIpc) is 1.69. The second-order valence-corrected chi connectivity index (χ2v) is 30.1. The third-order valence-electron chi connectivity index (χ3n) is 19.1. The number of nitrogens with zero attached hydrogens (tertiary/aromatic N) is 1. The summed E-state index contributed by atoms with van der Waals surface area (Å²) in [4.78, 5) is 209. The molecule has 2 aliphatic heterocycles. The Labute approximate surface area is 662 Å². The third kappa shape index (κ3) is 28.0. The van der Waals surface area contributed by atoms with Crippen LogP contribution in [0.15, 0.2) is 83.0 Å². The standard InChI is InChI=1S/C78H113ClN12O22/c1-11-13-14-15-16-23-31-51(68(101)83-52(69(102)90-63(47(9)93)75(108)110-41-48-27-19-17-20-28-48)32-24-34-91-40-50-60(65(98)78(91)33-25-35-112-78)61(79)66(99)77(10,64(50)97)113-59(96)26-12-2)84-70(103)53(36-43(3)4)88-74(107)62(46(8)92)89-73(106)54(37-44(5)6)86-72(105)56(39-58(81)95)87-71(104)55(38-57(80)94)85-67(100)45(7)82-76(109)111-42-49-29-21-18-22-30-49/h17-22,27-30,40,43-47,51-56,62-63,65,92-93,98H,11-16,23-26,31-39,41-42H2,1-10H3,(H2,80,94)(H2,81,95)(H,82,109)(H,83,101)(H,84,103)(H,85,100)(H,86,105)(H,87,104)(H,88,107)(H,89,106)(H,90,102)/t45-,46+,47+,51+,52-,53+,54+,55-,56+,62-,63-,65-,77+,78+/m0/s1. The van der Waals surface area contributed by atoms with E-state index in [9.17, 15) is 82.4 Å². The predicted octanol–water partition coefficient (Wildman–Crippen LogP) is 1.87. The molecule has 0 bridgehead atoms. The summed E-state index contributed by atoms with van der Waals surface area (Å²) in [6, 6.07) is 2.30. The van der Waals surface area contributed by atoms with Crippen molar-refractivity contribution in [3.63, 3.8) is 0 Å². The van der Waals surface area contributed by atoms with E-state index in [2.05, 4.69) is 47.9 Å². The highest BCUT2D eigenvalue weighted by Gasteiger charge is 2.60. The van der Waals surface area contributed by atoms with Crippen LogP contribution in [0.4, 0.5) is 4.79 Å². The van der Waals surface area contributed by atoms with Crippen LogP contribution in [-0.4, -0.2) is 206 Å². The van der Waals surface area contributed by atoms with Gasteiger partial charge in [0, 0.05) is 43.3 Å². The maximum atomic E-state index is 15.1. The van der Waals surface area contributed by atoms with Gasteiger partial charge in [-0.1, -0.05) is 152 Å². The summed E-state index contributed by atoms with van der Waals surface area (Å²) in [5.41, 5.74) is 7.64. The molecule has 624 valence electrons. The quantitative estimate of drug-likeness (QED) is 0.0195. The molecule has 1 aliphatic carbocycles. The van der Waals surface area contributed by atoms with Crippen LogP contribution in [0.25, 0.3) is 0 Å². The number of unbranched alkanes of at least 4 members (excludes halogenated alkanes) is 5. The number of fused-ring (bicyclic) bond motifs is 1. The molecule has 11 amide bonds. The molecule has 35 heteroatoms. The van der Waals surface area contributed by atoms with Gasteiger partial charge in [0.05, 0.1) is 30.1 Å². The first-order valence-electron chi connectivity index (χ1n) is 38.4. The molecular formula is C78H113ClN12O22. The average molecular weight is 1610 g/mol. The number of carbonyl (C=O) groups is 15. The fraction of sp³-hybridized carbons (Fsp3) is 0.603. The Morgan fingerprint density at radius 1 is 0.558 bits per heavy atom. The molecule has 16 N–H and O–H groups in total. The molecule has 0 aromatic heterocycles. The monoisotopic (exact) mass is 1600 g/mol. The van der Waals surface area contributed by atoms with Crippen molar-refractivity contribution in [2.45, 2.75) is 276 Å². The number of alkyl carbamates (subject to hydrolysis) is 1. The number of nitrogens with two attached hydrogens (primary N) is 2. The van der Waals surface area contributed by atoms with E-state index in [0.717, 1.165) is 39.5 Å². The number of Topliss-reactive ketones (excluding diaryl/α,β-unsaturated/α-hetero) is 2. The van der Waals surface area contributed by atoms with Gasteiger partial charge < -0.3 is 98.5 Å². The van der Waals surface area contributed by atoms with Gasteiger partial charge in [0.1, 0.15) is 67.7 Å². The van der Waals surface area contributed by atoms with Crippen LogP contribution >= 0.6 is 11.6 Å². The summed E-state index contributed by atoms with van der Waals surface area (Å²) in [6.07, 6.45) is -2.06. The molecule has 0 saturated carbocycles. The van der Waals surface area contributed by atoms with E-state index in [1.807, 2.05) is 6.92 Å². The zero-order valence-electron chi connectivity index (χ0n) is 65.9. The second kappa shape index (κ2) is 45.1. The molecule has 0 radical (unpaired) electrons. The second-order valence-electron chi connectivity index (χ2n) is 29.7. The molecule has 2 aromatic carbocycles. The Balaban J connectivity index is 1.42. The van der Waals surface area contributed by atoms with E-state index in [1.165, 1.54) is 24.9 Å². The van der Waals surface area contributed by atoms with Crippen molar-refractivity contribution < 1.29 is 106 Å². The zero-order valence-corrected chi connectivity index (χ0v) is 66.6. The van der Waals surface area contributed by atoms with Crippen LogP contribution in [0.5, 0.6) is 0 Å². The zero-order chi connectivity index (χ0) is 84.0. The van der Waals surface area contributed by atoms with Crippen molar-refractivity contribution in [1.29, 1.82) is 0 Å². The number of nitrogens with one attached hydrogen (secondary N) is 9. The van der Waals surface area contributed by atoms with Gasteiger partial charge in [-0.2, -0.15) is 0 Å². The minimum Gasteiger partial charge on any atom is -0.459 e. The number of ketones is 2. The first kappa shape index (κ1) is 93.7. The lowest BCUT2D eigenvalue weighted by atomic mass is 9.74. The SMILES string of the molecule is CCCCCCCC[C@@H](NC(=O)[C@@H](CC(C)C)NC(=O)[C@@H](NC(=O)[C@@H](CC(C)C)NC(=O)[C@@H](CC(N)=O)NC(=O)[C@H](CC(N)=O)NC(=O)[C@H](C)NC(=O)OCc1ccccc1)[C@@H](C)O)C(=O)N[C@@H](CCCN1C=C2C(=O)[C@@](C)(OC(=O)CCC)C(=O)C(Cl)=C2[C@H](O)[C@]12CCCO2)C(=O)N[C@H](C(=O)OCc1ccccc1)[C@@H](C)O. The van der Waals surface area contributed by atoms with Crippen LogP contribution in [0, 0.1) is 11.8 Å². The molecule has 113 heavy (non-hydrogen) atoms. The van der Waals surface area contributed by atoms with E-state index in [1.54, 1.807) is 95.3 Å². The predicted molar refractivity (Wildman–Crippen MR) is 409 cm³/mol. The van der Waals surface area contributed by atoms with Crippen LogP contribution < -0.4 is 59.3 Å². The molecular weight excluding hydrogens is 1490 g/mol. The van der Waals surface area contributed by atoms with Crippen molar-refractivity contribution in [3.05, 3.63) is 94.2 Å². The molecule has 3 aliphatic rings. The maximum absolute atomic E-state index is 15.1. The minimum absolute atomic E-state index is 0.0421. The smallest absolute Gasteiger partial charge is 0.408 e. The topological polar surface area (TPSA) is 517 Å². The highest BCUT2D eigenvalue weighted by atomic mass is 35.5. The van der Waals surface area contributed by atoms with Crippen molar-refractivity contribution >= 4 is 100 Å². The number of ether oxygens (including phenoxy) is 4. The molecule has 2 aromatic rings. The van der Waals surface area contributed by atoms with Gasteiger partial charge >= 0.3 is 18.0 Å². The number of hydrogen-bond donors (Lipinski definition) is 14. The number of hydrogen-bond acceptors (Lipinski definition) is 23. The summed E-state index contributed by atoms with van der Waals surface area (Å²) >= 11 is 6.71. The normalized spacial score (nSPS) is 19.5. The lowest BCUT2D eigenvalue weighted by Gasteiger charge is -2.49. The number of aliphatic hydroxyl groups is 3. The van der Waals surface area contributed by atoms with Gasteiger partial charge in [-0.3, -0.25) is 62.3 Å². The number of amides is 11. The fourth-order valence-corrected chi connectivity index (χ4v) is 13.4. The number of halogens is 1. The first-order chi connectivity index (χ1) is 53.4. The fourth-order valence-electron chi connectivity index (χ4n) is 13.0. The Morgan fingerprint density at radius 2 is 1.01 bits per heavy atom. The van der Waals surface area contributed by atoms with Crippen molar-refractivity contribution in [3.8, 4) is 0 Å². The Bertz CT molecular complexity index is 3740. The summed E-state index contributed by atoms with van der Waals surface area (Å²) in [5.74, 6) is -15.4. The van der Waals surface area contributed by atoms with Crippen LogP contribution in [0.1, 0.15) is 190 Å². The highest BCUT2D eigenvalue weighted by Crippen LogP contribution is 2.48. The molecule has 0 unspecified atom stereocenters. The lowest BCUT2D eigenvalue weighted by molar-refractivity contribution is -0.174. The summed E-state index contributed by atoms with van der Waals surface area (Å²) in [5, 5.41) is 56.2. The number of aliphatic hydroxyl groups excluding tert-OH is 3. The molecule has 1 saturated heterocycles. The van der Waals surface area contributed by atoms with E-state index >= 15 is 4.79 Å². The molecule has 2 heterocycles. The number of benzene rings is 2. The first-order valence-corrected chi connectivity index (χ1v) is 38.8. The Morgan fingerprint density at radius 3 is 1.51 bits per heavy atom. The molecule has 1 fully saturated rings. The number of primary amides is 2. The number of esters is 2. The highest BCUT2D eigenvalue weighted by molar-refractivity contribution is 6.49. The van der Waals surface area contributed by atoms with Gasteiger partial charge in [0.2, 0.25) is 76.2 Å². The van der Waals surface area contributed by atoms with Crippen molar-refractivity contribution in [2.24, 2.45) is 23.3 Å². The van der Waals surface area contributed by atoms with Crippen molar-refractivity contribution in [2.75, 3.05) is 13.2 Å². The van der Waals surface area contributed by atoms with Gasteiger partial charge in [-0.15, -0.1) is 0 Å². The third-order valence-corrected chi connectivity index (χ3v) is 19.5. The van der Waals surface area contributed by atoms with Crippen LogP contribution in [0.3, 0.4) is 0 Å². The van der Waals surface area contributed by atoms with Crippen molar-refractivity contribution in [1.82, 2.24) is 52.8 Å². The Hall–Kier alpha value is -9.90. The summed E-state index contributed by atoms with van der Waals surface area (Å²) < 4.78 is 22.4. The number of carbonyl (C=O) groups excluding carboxylic acids is 15. The number of rotatable bonds is 46. The molecule has 14 atom stereocenters. The van der Waals surface area contributed by atoms with Gasteiger partial charge in [-0.05, 0) is 95.6 Å². The Kier molecular flexibility index (Phi) is 37.4. The lowest BCUT2D eigenvalue weighted by Crippen LogP contribution is -2.62. The van der Waals surface area contributed by atoms with Crippen LogP contribution in [0.2, 0.25) is 0 Å². The maximum Gasteiger partial charge on any atom is 0.408 e. The summed E-state index contributed by atoms with van der Waals surface area (Å²) in [7, 11) is 0. The van der Waals surface area contributed by atoms with Gasteiger partial charge in [0.25, 0.3) is 0 Å². The largest absolute Gasteiger partial charge is 0.459 e. The van der Waals surface area contributed by atoms with E-state index in [0.29, 0.717) is 36.8 Å². The minimum atomic E-state index is -2.41. The van der Waals surface area contributed by atoms with Gasteiger partial charge in [-0.25, -0.2) is 9.59 Å². The molecule has 1 spiro atoms. The van der Waals surface area contributed by atoms with E-state index in [-0.39, 0.29) is 88.4 Å². The van der Waals surface area contributed by atoms with Gasteiger partial charge in [0.15, 0.2) is 11.8 Å². The van der Waals surface area contributed by atoms with Crippen LogP contribution in [-0.2, 0) is 99.3 Å². The molecule has 34 nitrogen and oxygen atoms in total. The molecule has 5 rings (SSSR count). The van der Waals surface area contributed by atoms with E-state index in [4.69, 9.17) is 42.0 Å².